The first-order valence-electron chi connectivity index (χ1n) is 17.8. The first-order valence-corrected chi connectivity index (χ1v) is 20.5. The summed E-state index contributed by atoms with van der Waals surface area (Å²) >= 11 is 0. The van der Waals surface area contributed by atoms with E-state index in [1.54, 1.807) is 24.3 Å². The quantitative estimate of drug-likeness (QED) is 0.0329. The molecule has 0 saturated carbocycles. The van der Waals surface area contributed by atoms with E-state index >= 15 is 0 Å². The molecular formula is C42H30N7Na3O10S2. The zero-order chi connectivity index (χ0) is 43.6. The second-order valence-corrected chi connectivity index (χ2v) is 15.8. The largest absolute Gasteiger partial charge is 1.00 e. The predicted octanol–water partition coefficient (Wildman–Crippen LogP) is -0.212. The van der Waals surface area contributed by atoms with Crippen molar-refractivity contribution in [2.24, 2.45) is 20.5 Å². The van der Waals surface area contributed by atoms with Gasteiger partial charge in [0.05, 0.1) is 22.0 Å². The number of amides is 2. The Hall–Kier alpha value is -4.58. The number of carbonyl (C=O) groups is 2. The van der Waals surface area contributed by atoms with Gasteiger partial charge < -0.3 is 34.8 Å². The number of hydrogen-bond donors (Lipinski definition) is 4. The van der Waals surface area contributed by atoms with Gasteiger partial charge in [-0.25, -0.2) is 16.8 Å². The van der Waals surface area contributed by atoms with E-state index in [9.17, 15) is 40.6 Å². The summed E-state index contributed by atoms with van der Waals surface area (Å²) in [6.07, 6.45) is 0. The van der Waals surface area contributed by atoms with Crippen LogP contribution in [-0.2, 0) is 20.5 Å². The van der Waals surface area contributed by atoms with Crippen molar-refractivity contribution in [2.45, 2.75) is 18.7 Å². The molecule has 7 aromatic carbocycles. The number of benzene rings is 7. The van der Waals surface area contributed by atoms with Crippen LogP contribution in [0.2, 0.25) is 0 Å². The minimum Gasteiger partial charge on any atom is -0.744 e. The number of phenolic OH excluding ortho intramolecular Hbond substituents is 1. The molecule has 0 heterocycles. The summed E-state index contributed by atoms with van der Waals surface area (Å²) < 4.78 is 77.1. The van der Waals surface area contributed by atoms with Crippen molar-refractivity contribution in [3.05, 3.63) is 144 Å². The van der Waals surface area contributed by atoms with Gasteiger partial charge in [-0.05, 0) is 104 Å². The molecule has 0 aliphatic heterocycles. The topological polar surface area (TPSA) is 278 Å². The average Bonchev–Trinajstić information content (AvgIpc) is 3.20. The van der Waals surface area contributed by atoms with E-state index in [2.05, 4.69) is 37.2 Å². The third-order valence-electron chi connectivity index (χ3n) is 9.08. The van der Waals surface area contributed by atoms with Crippen molar-refractivity contribution in [3.63, 3.8) is 0 Å². The predicted molar refractivity (Wildman–Crippen MR) is 224 cm³/mol. The summed E-state index contributed by atoms with van der Waals surface area (Å²) in [6, 6.07) is 31.0. The van der Waals surface area contributed by atoms with Gasteiger partial charge in [0.2, 0.25) is 0 Å². The molecule has 0 bridgehead atoms. The Balaban J connectivity index is 0.00000299. The van der Waals surface area contributed by atoms with Gasteiger partial charge in [0.1, 0.15) is 15.8 Å². The number of fused-ring (bicyclic) bond motifs is 2. The number of anilines is 3. The second-order valence-electron chi connectivity index (χ2n) is 13.5. The summed E-state index contributed by atoms with van der Waals surface area (Å²) in [4.78, 5) is 25.1. The number of nitrogen functional groups attached to an aromatic ring is 1. The van der Waals surface area contributed by atoms with Crippen LogP contribution < -0.4 is 109 Å². The van der Waals surface area contributed by atoms with E-state index < -0.39 is 54.4 Å². The summed E-state index contributed by atoms with van der Waals surface area (Å²) in [6.45, 7) is 3.73. The molecule has 22 heteroatoms. The molecule has 0 saturated heterocycles. The Morgan fingerprint density at radius 1 is 0.688 bits per heavy atom. The Bertz CT molecular complexity index is 3210. The zero-order valence-electron chi connectivity index (χ0n) is 34.8. The van der Waals surface area contributed by atoms with Gasteiger partial charge in [0.25, 0.3) is 22.2 Å². The number of rotatable bonds is 11. The molecule has 0 aliphatic carbocycles. The standard InChI is InChI=1S/C42H32N7O10S2.3Na/c1-23-3-17-35(24(2)19-23)47-48-36-18-9-25-6-14-32(22-34(25)40(36)59-61(56,57)58)45-42(52)27-7-12-30(13-8-27)46-49-38-37(60(53,54)55)21-28-20-31(15-16-33(28)39(38)50)44-41(51)26-4-10-29(43)11-5-26;;;/h3-17,19-22,50H,43H2,1-2H3,(H,44,51)(H,45,52)(H,53,54,55)(H,56,57,58);;;/q-1;3*+1/p-2. The van der Waals surface area contributed by atoms with E-state index in [1.807, 2.05) is 26.0 Å². The molecule has 0 atom stereocenters. The number of hydrogen-bond acceptors (Lipinski definition) is 15. The first-order chi connectivity index (χ1) is 28.9. The Morgan fingerprint density at radius 2 is 1.30 bits per heavy atom. The fourth-order valence-electron chi connectivity index (χ4n) is 6.12. The molecule has 17 nitrogen and oxygen atoms in total. The van der Waals surface area contributed by atoms with Crippen LogP contribution in [0, 0.1) is 19.9 Å². The van der Waals surface area contributed by atoms with Gasteiger partial charge >= 0.3 is 88.7 Å². The van der Waals surface area contributed by atoms with Crippen molar-refractivity contribution >= 4 is 93.7 Å². The first kappa shape index (κ1) is 52.0. The van der Waals surface area contributed by atoms with Crippen LogP contribution in [0.5, 0.6) is 11.5 Å². The maximum Gasteiger partial charge on any atom is 1.00 e. The van der Waals surface area contributed by atoms with Gasteiger partial charge in [-0.1, -0.05) is 35.2 Å². The molecule has 0 spiro atoms. The Labute approximate surface area is 433 Å². The van der Waals surface area contributed by atoms with Crippen molar-refractivity contribution < 1.29 is 133 Å². The number of azo groups is 2. The SMILES string of the molecule is Cc1ccc(N=Nc2[c-]cc3ccc(NC(=O)c4ccc(N=Nc5c(S(=O)(=O)[O-])cc6cc(NC(=O)c7ccc(N)cc7)ccc6c5O)cc4)cc3c2OS(=O)(=O)[O-])c(C)c1.[Na+].[Na+].[Na+]. The minimum absolute atomic E-state index is 0. The number of nitrogens with zero attached hydrogens (tertiary/aromatic N) is 4. The van der Waals surface area contributed by atoms with Crippen molar-refractivity contribution in [1.82, 2.24) is 0 Å². The van der Waals surface area contributed by atoms with Crippen molar-refractivity contribution in [1.29, 1.82) is 0 Å². The number of nitrogens with one attached hydrogen (secondary N) is 2. The van der Waals surface area contributed by atoms with Gasteiger partial charge in [0, 0.05) is 39.3 Å². The minimum atomic E-state index is -5.28. The number of aryl methyl sites for hydroxylation is 2. The number of aromatic hydroxyl groups is 1. The van der Waals surface area contributed by atoms with Gasteiger partial charge in [-0.3, -0.25) is 9.59 Å². The monoisotopic (exact) mass is 925 g/mol. The molecule has 5 N–H and O–H groups in total. The molecule has 0 radical (unpaired) electrons. The van der Waals surface area contributed by atoms with Crippen LogP contribution in [-0.4, -0.2) is 42.9 Å². The van der Waals surface area contributed by atoms with Crippen LogP contribution in [0.15, 0.2) is 141 Å². The van der Waals surface area contributed by atoms with Gasteiger partial charge in [-0.2, -0.15) is 27.5 Å². The van der Waals surface area contributed by atoms with Gasteiger partial charge in [-0.15, -0.1) is 16.6 Å². The third-order valence-corrected chi connectivity index (χ3v) is 10.3. The molecule has 0 aliphatic rings. The summed E-state index contributed by atoms with van der Waals surface area (Å²) in [5, 5.41) is 33.3. The van der Waals surface area contributed by atoms with E-state index in [0.29, 0.717) is 22.3 Å². The van der Waals surface area contributed by atoms with Crippen LogP contribution in [0.4, 0.5) is 39.8 Å². The second kappa shape index (κ2) is 21.6. The zero-order valence-corrected chi connectivity index (χ0v) is 42.4. The van der Waals surface area contributed by atoms with Crippen molar-refractivity contribution in [3.8, 4) is 11.5 Å². The van der Waals surface area contributed by atoms with Crippen LogP contribution in [0.1, 0.15) is 31.8 Å². The van der Waals surface area contributed by atoms with Crippen LogP contribution in [0.25, 0.3) is 21.5 Å². The average molecular weight is 926 g/mol. The fraction of sp³-hybridized carbons (Fsp3) is 0.0476. The van der Waals surface area contributed by atoms with Crippen molar-refractivity contribution in [2.75, 3.05) is 16.4 Å². The normalized spacial score (nSPS) is 11.4. The molecule has 7 rings (SSSR count). The molecule has 7 aromatic rings. The van der Waals surface area contributed by atoms with E-state index in [-0.39, 0.29) is 133 Å². The molecule has 0 fully saturated rings. The van der Waals surface area contributed by atoms with Crippen LogP contribution in [0.3, 0.4) is 0 Å². The maximum atomic E-state index is 13.3. The number of carbonyl (C=O) groups excluding carboxylic acids is 2. The number of nitrogens with two attached hydrogens (primary N) is 1. The third kappa shape index (κ3) is 12.6. The molecule has 308 valence electrons. The number of phenols is 1. The summed E-state index contributed by atoms with van der Waals surface area (Å²) in [5.74, 6) is -2.20. The Kier molecular flexibility index (Phi) is 17.6. The maximum absolute atomic E-state index is 13.3. The molecule has 2 amide bonds. The van der Waals surface area contributed by atoms with E-state index in [0.717, 1.165) is 17.2 Å². The Morgan fingerprint density at radius 3 is 1.91 bits per heavy atom. The van der Waals surface area contributed by atoms with E-state index in [4.69, 9.17) is 9.92 Å². The molecule has 0 aromatic heterocycles. The fourth-order valence-corrected chi connectivity index (χ4v) is 7.14. The van der Waals surface area contributed by atoms with E-state index in [1.165, 1.54) is 72.8 Å². The smallest absolute Gasteiger partial charge is 0.744 e. The molecule has 64 heavy (non-hydrogen) atoms. The van der Waals surface area contributed by atoms with Gasteiger partial charge in [0.15, 0.2) is 5.75 Å². The molecule has 0 unspecified atom stereocenters. The molecular weight excluding hydrogens is 896 g/mol. The summed E-state index contributed by atoms with van der Waals surface area (Å²) in [7, 11) is -10.5. The summed E-state index contributed by atoms with van der Waals surface area (Å²) in [5.41, 5.74) is 8.60. The van der Waals surface area contributed by atoms with Crippen LogP contribution >= 0.6 is 0 Å².